The smallest absolute Gasteiger partial charge is 0.270 e. The number of allylic oxidation sites excluding steroid dienone is 3. The Labute approximate surface area is 279 Å². The number of benzene rings is 5. The minimum Gasteiger partial charge on any atom is -0.507 e. The van der Waals surface area contributed by atoms with E-state index in [1.54, 1.807) is 24.3 Å². The van der Waals surface area contributed by atoms with Crippen molar-refractivity contribution in [2.24, 2.45) is 0 Å². The van der Waals surface area contributed by atoms with Crippen molar-refractivity contribution >= 4 is 44.1 Å². The molecule has 0 amide bonds. The Morgan fingerprint density at radius 1 is 0.729 bits per heavy atom. The minimum atomic E-state index is -0.192. The Morgan fingerprint density at radius 3 is 2.00 bits per heavy atom. The van der Waals surface area contributed by atoms with Crippen molar-refractivity contribution in [1.29, 1.82) is 5.26 Å². The zero-order valence-corrected chi connectivity index (χ0v) is 27.1. The molecule has 0 saturated carbocycles. The molecule has 5 aromatic rings. The zero-order chi connectivity index (χ0) is 33.9. The number of phenolic OH excluding ortho intramolecular Hbond substituents is 2. The van der Waals surface area contributed by atoms with Gasteiger partial charge in [-0.15, -0.1) is 0 Å². The van der Waals surface area contributed by atoms with E-state index >= 15 is 0 Å². The molecule has 0 saturated heterocycles. The van der Waals surface area contributed by atoms with Crippen molar-refractivity contribution in [1.82, 2.24) is 0 Å². The highest BCUT2D eigenvalue weighted by Crippen LogP contribution is 2.57. The van der Waals surface area contributed by atoms with Crippen molar-refractivity contribution in [2.75, 3.05) is 32.1 Å². The van der Waals surface area contributed by atoms with E-state index in [0.717, 1.165) is 57.3 Å². The van der Waals surface area contributed by atoms with Crippen LogP contribution >= 0.6 is 0 Å². The first-order valence-corrected chi connectivity index (χ1v) is 15.9. The number of anilines is 1. The lowest BCUT2D eigenvalue weighted by molar-refractivity contribution is -0.519. The normalized spacial score (nSPS) is 16.2. The number of hydrogen-bond acceptors (Lipinski definition) is 5. The van der Waals surface area contributed by atoms with Gasteiger partial charge in [-0.25, -0.2) is 14.7 Å². The lowest BCUT2D eigenvalue weighted by atomic mass is 9.69. The molecule has 7 heteroatoms. The van der Waals surface area contributed by atoms with Gasteiger partial charge in [0.15, 0.2) is 0 Å². The first-order chi connectivity index (χ1) is 23.3. The second-order valence-corrected chi connectivity index (χ2v) is 12.1. The van der Waals surface area contributed by atoms with Crippen LogP contribution in [0.3, 0.4) is 0 Å². The zero-order valence-electron chi connectivity index (χ0n) is 27.1. The van der Waals surface area contributed by atoms with Crippen molar-refractivity contribution in [2.45, 2.75) is 13.8 Å². The van der Waals surface area contributed by atoms with E-state index in [9.17, 15) is 20.6 Å². The Morgan fingerprint density at radius 2 is 1.33 bits per heavy atom. The van der Waals surface area contributed by atoms with Crippen molar-refractivity contribution < 1.29 is 19.9 Å². The number of rotatable bonds is 4. The Hall–Kier alpha value is -6.31. The predicted molar refractivity (Wildman–Crippen MR) is 191 cm³/mol. The first-order valence-electron chi connectivity index (χ1n) is 15.9. The van der Waals surface area contributed by atoms with Gasteiger partial charge in [-0.05, 0) is 49.1 Å². The Balaban J connectivity index is 1.71. The largest absolute Gasteiger partial charge is 0.507 e. The van der Waals surface area contributed by atoms with E-state index < -0.39 is 0 Å². The molecule has 2 aliphatic rings. The average molecular weight is 630 g/mol. The second-order valence-electron chi connectivity index (χ2n) is 12.1. The van der Waals surface area contributed by atoms with Crippen LogP contribution in [0.25, 0.3) is 37.5 Å². The highest BCUT2D eigenvalue weighted by molar-refractivity contribution is 6.26. The van der Waals surface area contributed by atoms with E-state index in [4.69, 9.17) is 6.57 Å². The van der Waals surface area contributed by atoms with Crippen LogP contribution in [0, 0.1) is 17.9 Å². The summed E-state index contributed by atoms with van der Waals surface area (Å²) in [4.78, 5) is 5.65. The molecule has 0 radical (unpaired) electrons. The molecular formula is C41H33N4O3+. The molecule has 0 spiro atoms. The molecule has 7 nitrogen and oxygen atoms in total. The molecule has 0 atom stereocenters. The maximum atomic E-state index is 12.4. The Kier molecular flexibility index (Phi) is 7.27. The summed E-state index contributed by atoms with van der Waals surface area (Å²) in [6, 6.07) is 28.4. The fourth-order valence-corrected chi connectivity index (χ4v) is 7.54. The first kappa shape index (κ1) is 30.3. The molecule has 7 rings (SSSR count). The third-order valence-corrected chi connectivity index (χ3v) is 9.45. The van der Waals surface area contributed by atoms with Crippen LogP contribution in [-0.4, -0.2) is 52.8 Å². The van der Waals surface area contributed by atoms with Crippen molar-refractivity contribution in [3.05, 3.63) is 147 Å². The molecule has 2 aliphatic carbocycles. The topological polar surface area (TPSA) is 95.1 Å². The third kappa shape index (κ3) is 4.15. The average Bonchev–Trinajstić information content (AvgIpc) is 3.09. The van der Waals surface area contributed by atoms with Crippen LogP contribution in [0.4, 0.5) is 5.69 Å². The van der Waals surface area contributed by atoms with Gasteiger partial charge in [0.2, 0.25) is 5.71 Å². The lowest BCUT2D eigenvalue weighted by Gasteiger charge is -2.35. The number of hydrogen-bond donors (Lipinski definition) is 3. The maximum absolute atomic E-state index is 12.4. The number of aromatic hydroxyl groups is 2. The van der Waals surface area contributed by atoms with E-state index in [1.165, 1.54) is 0 Å². The number of aliphatic hydroxyl groups excluding tert-OH is 1. The van der Waals surface area contributed by atoms with Crippen LogP contribution < -0.4 is 4.90 Å². The molecular weight excluding hydrogens is 596 g/mol. The summed E-state index contributed by atoms with van der Waals surface area (Å²) in [6.07, 6.45) is 0. The monoisotopic (exact) mass is 629 g/mol. The SMILES string of the molecule is [C-]#[N+]/C(C#N)=C1C(c2c3ccccc3c(N(C)C)c3cccc(O)c23)=C(O)C/1=C1\c2ccccc2C(=[N+](CC)CC)c2cccc(O)c21. The molecule has 0 aliphatic heterocycles. The highest BCUT2D eigenvalue weighted by atomic mass is 16.3. The Bertz CT molecular complexity index is 2430. The van der Waals surface area contributed by atoms with Crippen molar-refractivity contribution in [3.63, 3.8) is 0 Å². The van der Waals surface area contributed by atoms with E-state index in [-0.39, 0.29) is 28.5 Å². The van der Waals surface area contributed by atoms with Gasteiger partial charge in [0.25, 0.3) is 5.70 Å². The van der Waals surface area contributed by atoms with Crippen LogP contribution in [-0.2, 0) is 0 Å². The van der Waals surface area contributed by atoms with E-state index in [1.807, 2.05) is 79.7 Å². The van der Waals surface area contributed by atoms with Crippen LogP contribution in [0.5, 0.6) is 11.5 Å². The van der Waals surface area contributed by atoms with Crippen LogP contribution in [0.2, 0.25) is 0 Å². The molecule has 0 aromatic heterocycles. The van der Waals surface area contributed by atoms with Crippen LogP contribution in [0.15, 0.2) is 108 Å². The van der Waals surface area contributed by atoms with Crippen molar-refractivity contribution in [3.8, 4) is 17.6 Å². The summed E-state index contributed by atoms with van der Waals surface area (Å²) in [5, 5.41) is 48.6. The molecule has 3 N–H and O–H groups in total. The maximum Gasteiger partial charge on any atom is 0.270 e. The standard InChI is InChI=1S/C41H32N4O3/c1-6-45(7-2)40-26-17-11-9-15-24(26)35(33-28(40)19-13-21-31(33)47)38-36(29(22-42)43-3)37(41(38)48)34-23-14-8-10-16-25(23)39(44(4)5)27-18-12-20-30(46)32(27)34/h8-21H,6-7H2,1-2,4-5H3,(H2-,46,47,48)/p+1/b36-29-. The summed E-state index contributed by atoms with van der Waals surface area (Å²) >= 11 is 0. The number of aliphatic hydroxyl groups is 1. The van der Waals surface area contributed by atoms with Gasteiger partial charge in [0, 0.05) is 63.7 Å². The number of nitrogens with zero attached hydrogens (tertiary/aromatic N) is 4. The minimum absolute atomic E-state index is 0.0166. The molecule has 0 bridgehead atoms. The van der Waals surface area contributed by atoms with Gasteiger partial charge in [-0.3, -0.25) is 0 Å². The fraction of sp³-hybridized carbons (Fsp3) is 0.146. The second kappa shape index (κ2) is 11.5. The highest BCUT2D eigenvalue weighted by Gasteiger charge is 2.43. The molecule has 5 aromatic carbocycles. The van der Waals surface area contributed by atoms with Gasteiger partial charge in [-0.2, -0.15) is 0 Å². The molecule has 48 heavy (non-hydrogen) atoms. The summed E-state index contributed by atoms with van der Waals surface area (Å²) < 4.78 is 2.24. The third-order valence-electron chi connectivity index (χ3n) is 9.45. The van der Waals surface area contributed by atoms with E-state index in [0.29, 0.717) is 33.2 Å². The summed E-state index contributed by atoms with van der Waals surface area (Å²) in [6.45, 7) is 13.7. The molecule has 234 valence electrons. The quantitative estimate of drug-likeness (QED) is 0.0792. The van der Waals surface area contributed by atoms with Gasteiger partial charge in [0.05, 0.1) is 29.5 Å². The number of phenols is 2. The summed E-state index contributed by atoms with van der Waals surface area (Å²) in [7, 11) is 3.89. The molecule has 0 heterocycles. The molecule has 0 fully saturated rings. The van der Waals surface area contributed by atoms with E-state index in [2.05, 4.69) is 29.3 Å². The van der Waals surface area contributed by atoms with Gasteiger partial charge in [-0.1, -0.05) is 60.7 Å². The van der Waals surface area contributed by atoms with Gasteiger partial charge in [0.1, 0.15) is 30.3 Å². The van der Waals surface area contributed by atoms with Gasteiger partial charge < -0.3 is 20.2 Å². The predicted octanol–water partition coefficient (Wildman–Crippen LogP) is 8.16. The summed E-state index contributed by atoms with van der Waals surface area (Å²) in [5.74, 6) is -0.0677. The number of nitriles is 1. The van der Waals surface area contributed by atoms with Crippen LogP contribution in [0.1, 0.15) is 41.7 Å². The number of fused-ring (bicyclic) bond motifs is 4. The lowest BCUT2D eigenvalue weighted by Crippen LogP contribution is -2.29. The fourth-order valence-electron chi connectivity index (χ4n) is 7.54. The van der Waals surface area contributed by atoms with Gasteiger partial charge >= 0.3 is 0 Å². The summed E-state index contributed by atoms with van der Waals surface area (Å²) in [5.41, 5.74) is 6.68. The molecule has 0 unspecified atom stereocenters.